The van der Waals surface area contributed by atoms with E-state index >= 15 is 0 Å². The van der Waals surface area contributed by atoms with Crippen molar-refractivity contribution in [2.24, 2.45) is 7.05 Å². The van der Waals surface area contributed by atoms with Gasteiger partial charge in [0.2, 0.25) is 0 Å². The van der Waals surface area contributed by atoms with Gasteiger partial charge in [-0.25, -0.2) is 0 Å². The Morgan fingerprint density at radius 2 is 2.24 bits per heavy atom. The van der Waals surface area contributed by atoms with Gasteiger partial charge in [0.1, 0.15) is 5.82 Å². The van der Waals surface area contributed by atoms with E-state index in [1.807, 2.05) is 18.5 Å². The summed E-state index contributed by atoms with van der Waals surface area (Å²) < 4.78 is 1.99. The lowest BCUT2D eigenvalue weighted by molar-refractivity contribution is 0.270. The fourth-order valence-corrected chi connectivity index (χ4v) is 2.50. The van der Waals surface area contributed by atoms with E-state index in [-0.39, 0.29) is 6.61 Å². The third-order valence-electron chi connectivity index (χ3n) is 2.63. The van der Waals surface area contributed by atoms with E-state index in [1.54, 1.807) is 11.8 Å². The van der Waals surface area contributed by atoms with Crippen molar-refractivity contribution in [3.63, 3.8) is 0 Å². The Kier molecular flexibility index (Phi) is 6.54. The molecule has 5 nitrogen and oxygen atoms in total. The van der Waals surface area contributed by atoms with Crippen LogP contribution in [0.1, 0.15) is 25.6 Å². The molecule has 0 radical (unpaired) electrons. The van der Waals surface area contributed by atoms with Crippen LogP contribution in [-0.4, -0.2) is 44.8 Å². The highest BCUT2D eigenvalue weighted by Crippen LogP contribution is 2.17. The highest BCUT2D eigenvalue weighted by atomic mass is 32.2. The number of nitrogens with one attached hydrogen (secondary N) is 1. The second-order valence-corrected chi connectivity index (χ2v) is 5.05. The quantitative estimate of drug-likeness (QED) is 0.680. The van der Waals surface area contributed by atoms with Gasteiger partial charge in [-0.2, -0.15) is 0 Å². The predicted octanol–water partition coefficient (Wildman–Crippen LogP) is 0.966. The largest absolute Gasteiger partial charge is 0.396 e. The first-order valence-corrected chi connectivity index (χ1v) is 7.00. The van der Waals surface area contributed by atoms with Crippen molar-refractivity contribution >= 4 is 11.8 Å². The number of aryl methyl sites for hydroxylation is 1. The van der Waals surface area contributed by atoms with E-state index in [0.29, 0.717) is 6.04 Å². The van der Waals surface area contributed by atoms with Crippen LogP contribution in [0.3, 0.4) is 0 Å². The number of nitrogens with zero attached hydrogens (tertiary/aromatic N) is 3. The summed E-state index contributed by atoms with van der Waals surface area (Å²) in [6.07, 6.45) is 1.89. The summed E-state index contributed by atoms with van der Waals surface area (Å²) in [5, 5.41) is 21.5. The molecule has 0 bridgehead atoms. The van der Waals surface area contributed by atoms with Crippen molar-refractivity contribution in [2.75, 3.05) is 18.9 Å². The van der Waals surface area contributed by atoms with Crippen LogP contribution in [-0.2, 0) is 7.05 Å². The maximum Gasteiger partial charge on any atom is 0.190 e. The number of thioether (sulfide) groups is 1. The molecular weight excluding hydrogens is 236 g/mol. The fraction of sp³-hybridized carbons (Fsp3) is 0.818. The maximum absolute atomic E-state index is 9.01. The molecule has 1 aromatic heterocycles. The van der Waals surface area contributed by atoms with Crippen molar-refractivity contribution in [1.82, 2.24) is 20.1 Å². The molecule has 6 heteroatoms. The summed E-state index contributed by atoms with van der Waals surface area (Å²) in [7, 11) is 1.97. The molecule has 0 amide bonds. The molecule has 0 spiro atoms. The van der Waals surface area contributed by atoms with Crippen molar-refractivity contribution in [3.05, 3.63) is 5.82 Å². The summed E-state index contributed by atoms with van der Waals surface area (Å²) in [5.41, 5.74) is 0. The Balaban J connectivity index is 2.42. The first-order chi connectivity index (χ1) is 8.19. The lowest BCUT2D eigenvalue weighted by Crippen LogP contribution is -2.33. The molecular formula is C11H22N4OS. The molecule has 0 aromatic carbocycles. The van der Waals surface area contributed by atoms with Gasteiger partial charge in [0, 0.05) is 25.4 Å². The minimum absolute atomic E-state index is 0.222. The highest BCUT2D eigenvalue weighted by molar-refractivity contribution is 7.99. The number of aliphatic hydroxyl groups excluding tert-OH is 1. The Labute approximate surface area is 107 Å². The molecule has 1 heterocycles. The first kappa shape index (κ1) is 14.5. The maximum atomic E-state index is 9.01. The first-order valence-electron chi connectivity index (χ1n) is 6.02. The topological polar surface area (TPSA) is 63.0 Å². The Bertz CT molecular complexity index is 329. The van der Waals surface area contributed by atoms with Gasteiger partial charge in [-0.1, -0.05) is 18.7 Å². The molecule has 0 saturated heterocycles. The van der Waals surface area contributed by atoms with Gasteiger partial charge in [0.25, 0.3) is 0 Å². The summed E-state index contributed by atoms with van der Waals surface area (Å²) in [6.45, 7) is 5.29. The summed E-state index contributed by atoms with van der Waals surface area (Å²) in [4.78, 5) is 0. The van der Waals surface area contributed by atoms with E-state index in [0.717, 1.165) is 36.1 Å². The van der Waals surface area contributed by atoms with Crippen LogP contribution in [0.5, 0.6) is 0 Å². The van der Waals surface area contributed by atoms with Crippen LogP contribution < -0.4 is 5.32 Å². The average molecular weight is 258 g/mol. The Hall–Kier alpha value is -0.590. The summed E-state index contributed by atoms with van der Waals surface area (Å²) >= 11 is 1.68. The van der Waals surface area contributed by atoms with Gasteiger partial charge in [-0.05, 0) is 26.3 Å². The van der Waals surface area contributed by atoms with Gasteiger partial charge in [0.15, 0.2) is 5.16 Å². The van der Waals surface area contributed by atoms with Crippen molar-refractivity contribution in [1.29, 1.82) is 0 Å². The van der Waals surface area contributed by atoms with E-state index in [2.05, 4.69) is 22.4 Å². The van der Waals surface area contributed by atoms with Crippen molar-refractivity contribution < 1.29 is 5.11 Å². The Morgan fingerprint density at radius 1 is 1.47 bits per heavy atom. The van der Waals surface area contributed by atoms with Gasteiger partial charge in [-0.15, -0.1) is 10.2 Å². The zero-order valence-electron chi connectivity index (χ0n) is 10.8. The molecule has 2 N–H and O–H groups in total. The fourth-order valence-electron chi connectivity index (χ4n) is 1.44. The lowest BCUT2D eigenvalue weighted by atomic mass is 10.2. The normalized spacial score (nSPS) is 12.9. The van der Waals surface area contributed by atoms with Gasteiger partial charge in [0.05, 0.1) is 0 Å². The second kappa shape index (κ2) is 7.68. The highest BCUT2D eigenvalue weighted by Gasteiger charge is 2.11. The molecule has 0 saturated carbocycles. The van der Waals surface area contributed by atoms with Crippen LogP contribution in [0.4, 0.5) is 0 Å². The van der Waals surface area contributed by atoms with E-state index in [9.17, 15) is 0 Å². The zero-order valence-corrected chi connectivity index (χ0v) is 11.6. The lowest BCUT2D eigenvalue weighted by Gasteiger charge is -2.16. The van der Waals surface area contributed by atoms with Gasteiger partial charge < -0.3 is 15.0 Å². The van der Waals surface area contributed by atoms with Crippen molar-refractivity contribution in [3.8, 4) is 0 Å². The minimum Gasteiger partial charge on any atom is -0.396 e. The number of hydrogen-bond acceptors (Lipinski definition) is 5. The number of rotatable bonds is 8. The SMILES string of the molecule is CCCNC(CCO)CSc1nnc(C)n1C. The van der Waals surface area contributed by atoms with Crippen molar-refractivity contribution in [2.45, 2.75) is 37.9 Å². The molecule has 1 unspecified atom stereocenters. The molecule has 17 heavy (non-hydrogen) atoms. The molecule has 1 atom stereocenters. The molecule has 0 aliphatic heterocycles. The zero-order chi connectivity index (χ0) is 12.7. The van der Waals surface area contributed by atoms with Crippen LogP contribution in [0.25, 0.3) is 0 Å². The molecule has 1 aromatic rings. The second-order valence-electron chi connectivity index (χ2n) is 4.06. The summed E-state index contributed by atoms with van der Waals surface area (Å²) in [5.74, 6) is 1.83. The molecule has 0 aliphatic rings. The predicted molar refractivity (Wildman–Crippen MR) is 70.2 cm³/mol. The Morgan fingerprint density at radius 3 is 2.76 bits per heavy atom. The monoisotopic (exact) mass is 258 g/mol. The number of hydrogen-bond donors (Lipinski definition) is 2. The van der Waals surface area contributed by atoms with E-state index in [1.165, 1.54) is 0 Å². The third-order valence-corrected chi connectivity index (χ3v) is 3.81. The summed E-state index contributed by atoms with van der Waals surface area (Å²) in [6, 6.07) is 0.335. The average Bonchev–Trinajstić information content (AvgIpc) is 2.64. The third kappa shape index (κ3) is 4.65. The van der Waals surface area contributed by atoms with E-state index < -0.39 is 0 Å². The molecule has 0 aliphatic carbocycles. The van der Waals surface area contributed by atoms with Crippen LogP contribution in [0.15, 0.2) is 5.16 Å². The molecule has 1 rings (SSSR count). The van der Waals surface area contributed by atoms with Crippen LogP contribution in [0.2, 0.25) is 0 Å². The van der Waals surface area contributed by atoms with Crippen LogP contribution in [0, 0.1) is 6.92 Å². The molecule has 0 fully saturated rings. The standard InChI is InChI=1S/C11H22N4OS/c1-4-6-12-10(5-7-16)8-17-11-14-13-9(2)15(11)3/h10,12,16H,4-8H2,1-3H3. The minimum atomic E-state index is 0.222. The smallest absolute Gasteiger partial charge is 0.190 e. The number of aromatic nitrogens is 3. The molecule has 98 valence electrons. The number of aliphatic hydroxyl groups is 1. The van der Waals surface area contributed by atoms with Crippen LogP contribution >= 0.6 is 11.8 Å². The van der Waals surface area contributed by atoms with E-state index in [4.69, 9.17) is 5.11 Å². The van der Waals surface area contributed by atoms with Gasteiger partial charge >= 0.3 is 0 Å². The van der Waals surface area contributed by atoms with Gasteiger partial charge in [-0.3, -0.25) is 0 Å².